The molecule has 0 bridgehead atoms. The van der Waals surface area contributed by atoms with Crippen molar-refractivity contribution in [3.8, 4) is 0 Å². The highest BCUT2D eigenvalue weighted by Crippen LogP contribution is 2.18. The van der Waals surface area contributed by atoms with E-state index in [2.05, 4.69) is 29.4 Å². The van der Waals surface area contributed by atoms with Crippen LogP contribution in [0.3, 0.4) is 0 Å². The fraction of sp³-hybridized carbons (Fsp3) is 0.688. The fourth-order valence-electron chi connectivity index (χ4n) is 2.76. The van der Waals surface area contributed by atoms with Gasteiger partial charge in [-0.2, -0.15) is 0 Å². The summed E-state index contributed by atoms with van der Waals surface area (Å²) in [6, 6.07) is 6.67. The summed E-state index contributed by atoms with van der Waals surface area (Å²) >= 11 is 0. The minimum atomic E-state index is 0.485. The van der Waals surface area contributed by atoms with Crippen LogP contribution in [-0.4, -0.2) is 30.3 Å². The van der Waals surface area contributed by atoms with E-state index in [0.29, 0.717) is 12.1 Å². The van der Waals surface area contributed by atoms with Crippen LogP contribution in [0.15, 0.2) is 24.4 Å². The molecule has 0 spiro atoms. The van der Waals surface area contributed by atoms with Crippen molar-refractivity contribution in [1.82, 2.24) is 10.3 Å². The van der Waals surface area contributed by atoms with Gasteiger partial charge in [-0.25, -0.2) is 0 Å². The molecule has 1 aromatic heterocycles. The molecule has 2 unspecified atom stereocenters. The summed E-state index contributed by atoms with van der Waals surface area (Å²) in [6.45, 7) is 4.14. The number of hydrogen-bond acceptors (Lipinski definition) is 3. The highest BCUT2D eigenvalue weighted by molar-refractivity contribution is 5.05. The molecule has 0 amide bonds. The monoisotopic (exact) mass is 262 g/mol. The SMILES string of the molecule is CCNC(CCC1CCCCO1)Cc1ccccn1. The van der Waals surface area contributed by atoms with Crippen molar-refractivity contribution >= 4 is 0 Å². The van der Waals surface area contributed by atoms with Crippen molar-refractivity contribution in [3.05, 3.63) is 30.1 Å². The normalized spacial score (nSPS) is 21.2. The molecule has 3 nitrogen and oxygen atoms in total. The van der Waals surface area contributed by atoms with Gasteiger partial charge in [-0.15, -0.1) is 0 Å². The predicted octanol–water partition coefficient (Wildman–Crippen LogP) is 2.95. The molecule has 0 radical (unpaired) electrons. The molecule has 1 N–H and O–H groups in total. The molecule has 1 aromatic rings. The molecule has 0 aromatic carbocycles. The Kier molecular flexibility index (Phi) is 6.31. The van der Waals surface area contributed by atoms with E-state index in [1.165, 1.54) is 37.8 Å². The molecule has 0 aliphatic carbocycles. The van der Waals surface area contributed by atoms with Crippen LogP contribution >= 0.6 is 0 Å². The first-order chi connectivity index (χ1) is 9.38. The lowest BCUT2D eigenvalue weighted by Gasteiger charge is -2.25. The number of ether oxygens (including phenoxy) is 1. The summed E-state index contributed by atoms with van der Waals surface area (Å²) in [5, 5.41) is 3.58. The van der Waals surface area contributed by atoms with E-state index in [9.17, 15) is 0 Å². The Bertz CT molecular complexity index is 336. The average Bonchev–Trinajstić information content (AvgIpc) is 2.47. The topological polar surface area (TPSA) is 34.1 Å². The quantitative estimate of drug-likeness (QED) is 0.820. The van der Waals surface area contributed by atoms with E-state index < -0.39 is 0 Å². The molecule has 3 heteroatoms. The van der Waals surface area contributed by atoms with Crippen LogP contribution in [0.1, 0.15) is 44.7 Å². The fourth-order valence-corrected chi connectivity index (χ4v) is 2.76. The Hall–Kier alpha value is -0.930. The first kappa shape index (κ1) is 14.5. The lowest BCUT2D eigenvalue weighted by Crippen LogP contribution is -2.33. The van der Waals surface area contributed by atoms with Crippen molar-refractivity contribution in [3.63, 3.8) is 0 Å². The maximum Gasteiger partial charge on any atom is 0.0575 e. The van der Waals surface area contributed by atoms with Crippen LogP contribution in [0.5, 0.6) is 0 Å². The Morgan fingerprint density at radius 2 is 2.37 bits per heavy atom. The zero-order chi connectivity index (χ0) is 13.3. The van der Waals surface area contributed by atoms with Crippen LogP contribution in [0.2, 0.25) is 0 Å². The third-order valence-electron chi connectivity index (χ3n) is 3.79. The van der Waals surface area contributed by atoms with E-state index in [1.54, 1.807) is 0 Å². The van der Waals surface area contributed by atoms with Gasteiger partial charge in [0.2, 0.25) is 0 Å². The first-order valence-corrected chi connectivity index (χ1v) is 7.63. The maximum atomic E-state index is 5.81. The minimum Gasteiger partial charge on any atom is -0.378 e. The van der Waals surface area contributed by atoms with Gasteiger partial charge in [0.25, 0.3) is 0 Å². The molecule has 2 atom stereocenters. The number of nitrogens with zero attached hydrogens (tertiary/aromatic N) is 1. The van der Waals surface area contributed by atoms with E-state index in [-0.39, 0.29) is 0 Å². The van der Waals surface area contributed by atoms with Crippen molar-refractivity contribution in [2.45, 2.75) is 57.6 Å². The Morgan fingerprint density at radius 3 is 3.05 bits per heavy atom. The lowest BCUT2D eigenvalue weighted by atomic mass is 9.99. The molecule has 1 fully saturated rings. The summed E-state index contributed by atoms with van der Waals surface area (Å²) < 4.78 is 5.81. The molecule has 1 saturated heterocycles. The molecular weight excluding hydrogens is 236 g/mol. The second-order valence-electron chi connectivity index (χ2n) is 5.35. The molecule has 0 saturated carbocycles. The second-order valence-corrected chi connectivity index (χ2v) is 5.35. The Balaban J connectivity index is 1.78. The molecule has 1 aliphatic rings. The third kappa shape index (κ3) is 5.29. The Labute approximate surface area is 116 Å². The van der Waals surface area contributed by atoms with Crippen LogP contribution in [0.4, 0.5) is 0 Å². The van der Waals surface area contributed by atoms with Gasteiger partial charge in [-0.05, 0) is 50.8 Å². The van der Waals surface area contributed by atoms with E-state index >= 15 is 0 Å². The van der Waals surface area contributed by atoms with Gasteiger partial charge in [0, 0.05) is 31.0 Å². The van der Waals surface area contributed by atoms with Crippen LogP contribution in [-0.2, 0) is 11.2 Å². The summed E-state index contributed by atoms with van der Waals surface area (Å²) in [5.41, 5.74) is 1.18. The number of pyridine rings is 1. The molecular formula is C16H26N2O. The van der Waals surface area contributed by atoms with E-state index in [0.717, 1.165) is 19.6 Å². The summed E-state index contributed by atoms with van der Waals surface area (Å²) in [7, 11) is 0. The lowest BCUT2D eigenvalue weighted by molar-refractivity contribution is 0.00859. The minimum absolute atomic E-state index is 0.485. The molecule has 19 heavy (non-hydrogen) atoms. The van der Waals surface area contributed by atoms with E-state index in [4.69, 9.17) is 4.74 Å². The summed E-state index contributed by atoms with van der Waals surface area (Å²) in [6.07, 6.45) is 9.53. The van der Waals surface area contributed by atoms with Crippen molar-refractivity contribution in [2.24, 2.45) is 0 Å². The highest BCUT2D eigenvalue weighted by Gasteiger charge is 2.16. The maximum absolute atomic E-state index is 5.81. The second kappa shape index (κ2) is 8.28. The van der Waals surface area contributed by atoms with Gasteiger partial charge >= 0.3 is 0 Å². The third-order valence-corrected chi connectivity index (χ3v) is 3.79. The van der Waals surface area contributed by atoms with Crippen LogP contribution < -0.4 is 5.32 Å². The van der Waals surface area contributed by atoms with Gasteiger partial charge in [0.05, 0.1) is 6.10 Å². The van der Waals surface area contributed by atoms with Gasteiger partial charge in [-0.3, -0.25) is 4.98 Å². The van der Waals surface area contributed by atoms with Gasteiger partial charge in [0.1, 0.15) is 0 Å². The van der Waals surface area contributed by atoms with Gasteiger partial charge in [-0.1, -0.05) is 13.0 Å². The standard InChI is InChI=1S/C16H26N2O/c1-2-17-15(13-14-7-3-5-11-18-14)9-10-16-8-4-6-12-19-16/h3,5,7,11,15-17H,2,4,6,8-10,12-13H2,1H3. The first-order valence-electron chi connectivity index (χ1n) is 7.63. The van der Waals surface area contributed by atoms with Crippen LogP contribution in [0.25, 0.3) is 0 Å². The van der Waals surface area contributed by atoms with Crippen LogP contribution in [0, 0.1) is 0 Å². The zero-order valence-corrected chi connectivity index (χ0v) is 12.0. The number of rotatable bonds is 7. The summed E-state index contributed by atoms with van der Waals surface area (Å²) in [5.74, 6) is 0. The van der Waals surface area contributed by atoms with Crippen molar-refractivity contribution in [2.75, 3.05) is 13.2 Å². The molecule has 106 valence electrons. The zero-order valence-electron chi connectivity index (χ0n) is 12.0. The highest BCUT2D eigenvalue weighted by atomic mass is 16.5. The number of hydrogen-bond donors (Lipinski definition) is 1. The molecule has 2 rings (SSSR count). The smallest absolute Gasteiger partial charge is 0.0575 e. The van der Waals surface area contributed by atoms with Gasteiger partial charge in [0.15, 0.2) is 0 Å². The van der Waals surface area contributed by atoms with Crippen molar-refractivity contribution < 1.29 is 4.74 Å². The van der Waals surface area contributed by atoms with Crippen molar-refractivity contribution in [1.29, 1.82) is 0 Å². The number of likely N-dealkylation sites (N-methyl/N-ethyl adjacent to an activating group) is 1. The predicted molar refractivity (Wildman–Crippen MR) is 78.2 cm³/mol. The Morgan fingerprint density at radius 1 is 1.42 bits per heavy atom. The van der Waals surface area contributed by atoms with E-state index in [1.807, 2.05) is 12.3 Å². The molecule has 1 aliphatic heterocycles. The average molecular weight is 262 g/mol. The van der Waals surface area contributed by atoms with Gasteiger partial charge < -0.3 is 10.1 Å². The molecule has 2 heterocycles. The largest absolute Gasteiger partial charge is 0.378 e. The number of nitrogens with one attached hydrogen (secondary N) is 1. The number of aromatic nitrogens is 1. The summed E-state index contributed by atoms with van der Waals surface area (Å²) in [4.78, 5) is 4.42.